The van der Waals surface area contributed by atoms with Crippen molar-refractivity contribution in [3.63, 3.8) is 0 Å². The standard InChI is InChI=1S/C15H22FN3O2S/c1-22(21)10-7-17-15(20)18-13-11-12(16)5-6-14(13)19-8-3-2-4-9-19/h5-6,11H,2-4,7-10H2,1H3,(H2,17,18,20)/t22-/m1/s1. The molecule has 0 unspecified atom stereocenters. The molecule has 5 nitrogen and oxygen atoms in total. The molecule has 1 aromatic rings. The van der Waals surface area contributed by atoms with E-state index >= 15 is 0 Å². The van der Waals surface area contributed by atoms with Gasteiger partial charge in [-0.15, -0.1) is 0 Å². The van der Waals surface area contributed by atoms with Gasteiger partial charge >= 0.3 is 6.03 Å². The molecule has 1 aliphatic heterocycles. The van der Waals surface area contributed by atoms with Crippen molar-refractivity contribution in [1.29, 1.82) is 0 Å². The van der Waals surface area contributed by atoms with Crippen LogP contribution in [0.5, 0.6) is 0 Å². The Morgan fingerprint density at radius 3 is 2.73 bits per heavy atom. The van der Waals surface area contributed by atoms with Gasteiger partial charge in [-0.3, -0.25) is 4.21 Å². The van der Waals surface area contributed by atoms with E-state index < -0.39 is 16.8 Å². The fraction of sp³-hybridized carbons (Fsp3) is 0.533. The topological polar surface area (TPSA) is 61.4 Å². The van der Waals surface area contributed by atoms with E-state index in [0.29, 0.717) is 18.0 Å². The molecule has 2 N–H and O–H groups in total. The maximum atomic E-state index is 13.5. The number of piperidine rings is 1. The van der Waals surface area contributed by atoms with Crippen molar-refractivity contribution in [2.45, 2.75) is 19.3 Å². The van der Waals surface area contributed by atoms with Gasteiger partial charge in [0.15, 0.2) is 0 Å². The lowest BCUT2D eigenvalue weighted by molar-refractivity contribution is 0.252. The number of hydrogen-bond acceptors (Lipinski definition) is 3. The molecule has 1 heterocycles. The van der Waals surface area contributed by atoms with E-state index in [9.17, 15) is 13.4 Å². The molecule has 7 heteroatoms. The Morgan fingerprint density at radius 2 is 2.05 bits per heavy atom. The van der Waals surface area contributed by atoms with Gasteiger partial charge in [0.2, 0.25) is 0 Å². The van der Waals surface area contributed by atoms with Gasteiger partial charge < -0.3 is 15.5 Å². The third kappa shape index (κ3) is 4.98. The normalized spacial score (nSPS) is 16.2. The number of urea groups is 1. The number of nitrogens with zero attached hydrogens (tertiary/aromatic N) is 1. The van der Waals surface area contributed by atoms with Crippen molar-refractivity contribution in [1.82, 2.24) is 5.32 Å². The van der Waals surface area contributed by atoms with E-state index in [-0.39, 0.29) is 5.82 Å². The minimum atomic E-state index is -0.951. The zero-order chi connectivity index (χ0) is 15.9. The maximum Gasteiger partial charge on any atom is 0.319 e. The first kappa shape index (κ1) is 16.7. The van der Waals surface area contributed by atoms with Crippen molar-refractivity contribution in [2.75, 3.05) is 41.9 Å². The van der Waals surface area contributed by atoms with Gasteiger partial charge in [0.1, 0.15) is 5.82 Å². The summed E-state index contributed by atoms with van der Waals surface area (Å²) in [7, 11) is -0.951. The number of benzene rings is 1. The molecule has 0 aliphatic carbocycles. The Kier molecular flexibility index (Phi) is 6.18. The third-order valence-electron chi connectivity index (χ3n) is 3.58. The van der Waals surface area contributed by atoms with E-state index in [1.54, 1.807) is 12.3 Å². The molecule has 1 aromatic carbocycles. The molecule has 1 saturated heterocycles. The maximum absolute atomic E-state index is 13.5. The molecule has 0 aromatic heterocycles. The summed E-state index contributed by atoms with van der Waals surface area (Å²) < 4.78 is 24.5. The first-order valence-corrected chi connectivity index (χ1v) is 9.18. The second kappa shape index (κ2) is 8.12. The number of anilines is 2. The van der Waals surface area contributed by atoms with Crippen molar-refractivity contribution >= 4 is 28.2 Å². The van der Waals surface area contributed by atoms with Crippen LogP contribution in [-0.2, 0) is 10.8 Å². The SMILES string of the molecule is C[S@@](=O)CCNC(=O)Nc1cc(F)ccc1N1CCCCC1. The minimum absolute atomic E-state index is 0.323. The summed E-state index contributed by atoms with van der Waals surface area (Å²) in [6, 6.07) is 4.04. The van der Waals surface area contributed by atoms with Crippen LogP contribution in [0.2, 0.25) is 0 Å². The van der Waals surface area contributed by atoms with Gasteiger partial charge in [0, 0.05) is 42.4 Å². The summed E-state index contributed by atoms with van der Waals surface area (Å²) >= 11 is 0. The molecule has 0 radical (unpaired) electrons. The van der Waals surface area contributed by atoms with Gasteiger partial charge in [-0.1, -0.05) is 0 Å². The van der Waals surface area contributed by atoms with Crippen molar-refractivity contribution in [2.24, 2.45) is 0 Å². The molecule has 1 atom stereocenters. The molecule has 1 aliphatic rings. The molecule has 0 saturated carbocycles. The van der Waals surface area contributed by atoms with Crippen LogP contribution in [0.1, 0.15) is 19.3 Å². The summed E-state index contributed by atoms with van der Waals surface area (Å²) in [6.45, 7) is 2.15. The molecule has 1 fully saturated rings. The number of carbonyl (C=O) groups is 1. The van der Waals surface area contributed by atoms with Crippen LogP contribution in [0.4, 0.5) is 20.6 Å². The van der Waals surface area contributed by atoms with E-state index in [4.69, 9.17) is 0 Å². The Hall–Kier alpha value is -1.63. The Balaban J connectivity index is 2.03. The lowest BCUT2D eigenvalue weighted by Gasteiger charge is -2.30. The summed E-state index contributed by atoms with van der Waals surface area (Å²) in [6.07, 6.45) is 4.99. The zero-order valence-corrected chi connectivity index (χ0v) is 13.5. The van der Waals surface area contributed by atoms with E-state index in [1.807, 2.05) is 0 Å². The predicted molar refractivity (Wildman–Crippen MR) is 88.4 cm³/mol. The van der Waals surface area contributed by atoms with Crippen molar-refractivity contribution in [3.05, 3.63) is 24.0 Å². The molecule has 22 heavy (non-hydrogen) atoms. The number of hydrogen-bond donors (Lipinski definition) is 2. The van der Waals surface area contributed by atoms with Crippen LogP contribution in [0, 0.1) is 5.82 Å². The highest BCUT2D eigenvalue weighted by atomic mass is 32.2. The third-order valence-corrected chi connectivity index (χ3v) is 4.36. The quantitative estimate of drug-likeness (QED) is 0.872. The van der Waals surface area contributed by atoms with Gasteiger partial charge in [0.05, 0.1) is 11.4 Å². The molecular weight excluding hydrogens is 305 g/mol. The van der Waals surface area contributed by atoms with Gasteiger partial charge in [0.25, 0.3) is 0 Å². The lowest BCUT2D eigenvalue weighted by Crippen LogP contribution is -2.34. The molecule has 0 spiro atoms. The van der Waals surface area contributed by atoms with Crippen molar-refractivity contribution in [3.8, 4) is 0 Å². The Bertz CT molecular complexity index is 548. The average molecular weight is 327 g/mol. The fourth-order valence-corrected chi connectivity index (χ4v) is 2.88. The zero-order valence-electron chi connectivity index (χ0n) is 12.7. The smallest absolute Gasteiger partial charge is 0.319 e. The largest absolute Gasteiger partial charge is 0.370 e. The van der Waals surface area contributed by atoms with Crippen LogP contribution in [0.25, 0.3) is 0 Å². The first-order valence-electron chi connectivity index (χ1n) is 7.45. The molecular formula is C15H22FN3O2S. The highest BCUT2D eigenvalue weighted by molar-refractivity contribution is 7.84. The Labute approximate surface area is 132 Å². The number of carbonyl (C=O) groups excluding carboxylic acids is 1. The number of amides is 2. The summed E-state index contributed by atoms with van der Waals surface area (Å²) in [4.78, 5) is 14.0. The second-order valence-electron chi connectivity index (χ2n) is 5.37. The molecule has 2 rings (SSSR count). The monoisotopic (exact) mass is 327 g/mol. The van der Waals surface area contributed by atoms with E-state index in [2.05, 4.69) is 15.5 Å². The summed E-state index contributed by atoms with van der Waals surface area (Å²) in [5, 5.41) is 5.32. The van der Waals surface area contributed by atoms with Gasteiger partial charge in [-0.25, -0.2) is 9.18 Å². The van der Waals surface area contributed by atoms with Crippen LogP contribution in [0.15, 0.2) is 18.2 Å². The highest BCUT2D eigenvalue weighted by Crippen LogP contribution is 2.29. The van der Waals surface area contributed by atoms with Gasteiger partial charge in [-0.05, 0) is 37.5 Å². The average Bonchev–Trinajstić information content (AvgIpc) is 2.48. The molecule has 122 valence electrons. The molecule has 2 amide bonds. The second-order valence-corrected chi connectivity index (χ2v) is 6.92. The van der Waals surface area contributed by atoms with Crippen molar-refractivity contribution < 1.29 is 13.4 Å². The number of rotatable bonds is 5. The van der Waals surface area contributed by atoms with E-state index in [1.165, 1.54) is 18.6 Å². The number of halogens is 1. The van der Waals surface area contributed by atoms with E-state index in [0.717, 1.165) is 31.6 Å². The highest BCUT2D eigenvalue weighted by Gasteiger charge is 2.16. The van der Waals surface area contributed by atoms with Crippen LogP contribution in [-0.4, -0.2) is 41.9 Å². The Morgan fingerprint density at radius 1 is 1.32 bits per heavy atom. The summed E-state index contributed by atoms with van der Waals surface area (Å²) in [5.41, 5.74) is 1.31. The summed E-state index contributed by atoms with van der Waals surface area (Å²) in [5.74, 6) is 0.0148. The van der Waals surface area contributed by atoms with Crippen LogP contribution in [0.3, 0.4) is 0 Å². The van der Waals surface area contributed by atoms with Crippen LogP contribution >= 0.6 is 0 Å². The first-order chi connectivity index (χ1) is 10.6. The van der Waals surface area contributed by atoms with Gasteiger partial charge in [-0.2, -0.15) is 0 Å². The van der Waals surface area contributed by atoms with Crippen LogP contribution < -0.4 is 15.5 Å². The molecule has 0 bridgehead atoms. The lowest BCUT2D eigenvalue weighted by atomic mass is 10.1. The number of nitrogens with one attached hydrogen (secondary N) is 2. The minimum Gasteiger partial charge on any atom is -0.370 e. The fourth-order valence-electron chi connectivity index (χ4n) is 2.49. The predicted octanol–water partition coefficient (Wildman–Crippen LogP) is 2.32.